The van der Waals surface area contributed by atoms with Crippen molar-refractivity contribution in [1.29, 1.82) is 0 Å². The Balaban J connectivity index is 2.28. The maximum atomic E-state index is 11.2. The molecule has 0 aliphatic heterocycles. The number of rotatable bonds is 4. The van der Waals surface area contributed by atoms with Crippen LogP contribution in [0.1, 0.15) is 12.5 Å². The fraction of sp³-hybridized carbons (Fsp3) is 0.143. The van der Waals surface area contributed by atoms with Crippen LogP contribution in [-0.4, -0.2) is 8.42 Å². The average Bonchev–Trinajstić information content (AvgIpc) is 2.38. The predicted molar refractivity (Wildman–Crippen MR) is 75.4 cm³/mol. The molecule has 0 spiro atoms. The number of benzene rings is 2. The third-order valence-electron chi connectivity index (χ3n) is 2.63. The molecule has 2 aromatic carbocycles. The fourth-order valence-electron chi connectivity index (χ4n) is 1.65. The van der Waals surface area contributed by atoms with Crippen molar-refractivity contribution in [3.8, 4) is 11.5 Å². The molecule has 0 aliphatic carbocycles. The van der Waals surface area contributed by atoms with E-state index in [2.05, 4.69) is 6.92 Å². The molecule has 0 bridgehead atoms. The van der Waals surface area contributed by atoms with Crippen LogP contribution in [0.15, 0.2) is 53.4 Å². The van der Waals surface area contributed by atoms with Crippen molar-refractivity contribution in [1.82, 2.24) is 0 Å². The number of aryl methyl sites for hydroxylation is 1. The van der Waals surface area contributed by atoms with E-state index < -0.39 is 9.05 Å². The molecule has 0 unspecified atom stereocenters. The van der Waals surface area contributed by atoms with Gasteiger partial charge in [0.1, 0.15) is 11.5 Å². The summed E-state index contributed by atoms with van der Waals surface area (Å²) in [6.07, 6.45) is 0.910. The Hall–Kier alpha value is -1.52. The van der Waals surface area contributed by atoms with Gasteiger partial charge >= 0.3 is 0 Å². The first-order valence-electron chi connectivity index (χ1n) is 5.80. The fourth-order valence-corrected chi connectivity index (χ4v) is 2.44. The zero-order valence-corrected chi connectivity index (χ0v) is 11.9. The van der Waals surface area contributed by atoms with E-state index in [1.807, 2.05) is 24.3 Å². The highest BCUT2D eigenvalue weighted by molar-refractivity contribution is 8.13. The van der Waals surface area contributed by atoms with Crippen LogP contribution in [0.5, 0.6) is 11.5 Å². The lowest BCUT2D eigenvalue weighted by Crippen LogP contribution is -1.92. The number of ether oxygens (including phenoxy) is 1. The molecule has 2 rings (SSSR count). The molecule has 2 aromatic rings. The first-order chi connectivity index (χ1) is 8.99. The van der Waals surface area contributed by atoms with Gasteiger partial charge < -0.3 is 4.74 Å². The van der Waals surface area contributed by atoms with Crippen molar-refractivity contribution < 1.29 is 13.2 Å². The summed E-state index contributed by atoms with van der Waals surface area (Å²) in [4.78, 5) is 0.0262. The van der Waals surface area contributed by atoms with Crippen molar-refractivity contribution in [2.45, 2.75) is 18.2 Å². The van der Waals surface area contributed by atoms with Crippen LogP contribution in [0, 0.1) is 0 Å². The molecular formula is C14H13ClO3S. The highest BCUT2D eigenvalue weighted by Gasteiger charge is 2.10. The van der Waals surface area contributed by atoms with E-state index in [0.29, 0.717) is 11.5 Å². The second-order valence-electron chi connectivity index (χ2n) is 4.02. The second-order valence-corrected chi connectivity index (χ2v) is 6.58. The first-order valence-corrected chi connectivity index (χ1v) is 8.11. The van der Waals surface area contributed by atoms with E-state index in [0.717, 1.165) is 12.0 Å². The molecule has 0 amide bonds. The van der Waals surface area contributed by atoms with Crippen molar-refractivity contribution in [2.24, 2.45) is 0 Å². The minimum absolute atomic E-state index is 0.0262. The lowest BCUT2D eigenvalue weighted by Gasteiger charge is -2.07. The summed E-state index contributed by atoms with van der Waals surface area (Å²) in [7, 11) is 1.56. The van der Waals surface area contributed by atoms with Crippen LogP contribution in [-0.2, 0) is 15.5 Å². The summed E-state index contributed by atoms with van der Waals surface area (Å²) in [5, 5.41) is 0. The van der Waals surface area contributed by atoms with Crippen LogP contribution in [0.3, 0.4) is 0 Å². The molecule has 19 heavy (non-hydrogen) atoms. The molecule has 0 N–H and O–H groups in total. The molecule has 0 radical (unpaired) electrons. The van der Waals surface area contributed by atoms with E-state index in [-0.39, 0.29) is 4.90 Å². The highest BCUT2D eigenvalue weighted by atomic mass is 35.7. The zero-order valence-electron chi connectivity index (χ0n) is 10.3. The van der Waals surface area contributed by atoms with E-state index >= 15 is 0 Å². The van der Waals surface area contributed by atoms with E-state index in [4.69, 9.17) is 15.4 Å². The van der Waals surface area contributed by atoms with E-state index in [1.165, 1.54) is 12.1 Å². The Morgan fingerprint density at radius 2 is 1.68 bits per heavy atom. The average molecular weight is 297 g/mol. The highest BCUT2D eigenvalue weighted by Crippen LogP contribution is 2.26. The summed E-state index contributed by atoms with van der Waals surface area (Å²) in [5.41, 5.74) is 1.15. The molecule has 0 saturated heterocycles. The molecule has 0 atom stereocenters. The Morgan fingerprint density at radius 3 is 2.32 bits per heavy atom. The molecule has 0 fully saturated rings. The van der Waals surface area contributed by atoms with Crippen LogP contribution in [0.4, 0.5) is 0 Å². The lowest BCUT2D eigenvalue weighted by atomic mass is 10.2. The van der Waals surface area contributed by atoms with Gasteiger partial charge in [0.25, 0.3) is 9.05 Å². The van der Waals surface area contributed by atoms with Gasteiger partial charge in [-0.3, -0.25) is 0 Å². The van der Waals surface area contributed by atoms with Crippen molar-refractivity contribution in [2.75, 3.05) is 0 Å². The van der Waals surface area contributed by atoms with Crippen LogP contribution in [0.25, 0.3) is 0 Å². The molecule has 0 aromatic heterocycles. The topological polar surface area (TPSA) is 43.4 Å². The van der Waals surface area contributed by atoms with Crippen molar-refractivity contribution in [3.05, 3.63) is 54.1 Å². The predicted octanol–water partition coefficient (Wildman–Crippen LogP) is 3.97. The molecule has 0 aliphatic rings. The van der Waals surface area contributed by atoms with Crippen LogP contribution < -0.4 is 4.74 Å². The normalized spacial score (nSPS) is 11.3. The Labute approximate surface area is 117 Å². The van der Waals surface area contributed by atoms with E-state index in [9.17, 15) is 8.42 Å². The minimum Gasteiger partial charge on any atom is -0.457 e. The van der Waals surface area contributed by atoms with Gasteiger partial charge in [-0.25, -0.2) is 8.42 Å². The monoisotopic (exact) mass is 296 g/mol. The third-order valence-corrected chi connectivity index (χ3v) is 3.98. The third kappa shape index (κ3) is 3.72. The van der Waals surface area contributed by atoms with Gasteiger partial charge in [0.2, 0.25) is 0 Å². The minimum atomic E-state index is -3.74. The molecule has 100 valence electrons. The summed E-state index contributed by atoms with van der Waals surface area (Å²) in [5.74, 6) is 1.11. The number of hydrogen-bond acceptors (Lipinski definition) is 3. The Morgan fingerprint density at radius 1 is 1.05 bits per heavy atom. The quantitative estimate of drug-likeness (QED) is 0.802. The second kappa shape index (κ2) is 5.63. The molecule has 0 saturated carbocycles. The van der Waals surface area contributed by atoms with Gasteiger partial charge in [-0.2, -0.15) is 0 Å². The number of halogens is 1. The summed E-state index contributed by atoms with van der Waals surface area (Å²) in [6.45, 7) is 2.06. The first kappa shape index (κ1) is 13.9. The molecular weight excluding hydrogens is 284 g/mol. The van der Waals surface area contributed by atoms with Gasteiger partial charge in [0, 0.05) is 16.7 Å². The maximum absolute atomic E-state index is 11.2. The van der Waals surface area contributed by atoms with Gasteiger partial charge in [-0.05, 0) is 36.2 Å². The van der Waals surface area contributed by atoms with Gasteiger partial charge in [0.15, 0.2) is 0 Å². The zero-order chi connectivity index (χ0) is 13.9. The largest absolute Gasteiger partial charge is 0.457 e. The number of hydrogen-bond donors (Lipinski definition) is 0. The van der Waals surface area contributed by atoms with Crippen LogP contribution >= 0.6 is 10.7 Å². The molecule has 5 heteroatoms. The van der Waals surface area contributed by atoms with E-state index in [1.54, 1.807) is 12.1 Å². The maximum Gasteiger partial charge on any atom is 0.261 e. The van der Waals surface area contributed by atoms with Gasteiger partial charge in [-0.1, -0.05) is 25.1 Å². The molecule has 0 heterocycles. The summed E-state index contributed by atoms with van der Waals surface area (Å²) >= 11 is 0. The Kier molecular flexibility index (Phi) is 4.12. The molecule has 3 nitrogen and oxygen atoms in total. The lowest BCUT2D eigenvalue weighted by molar-refractivity contribution is 0.480. The van der Waals surface area contributed by atoms with Gasteiger partial charge in [0.05, 0.1) is 4.90 Å². The SMILES string of the molecule is CCc1cccc(Oc2cccc(S(=O)(=O)Cl)c2)c1. The van der Waals surface area contributed by atoms with Crippen molar-refractivity contribution in [3.63, 3.8) is 0 Å². The standard InChI is InChI=1S/C14H13ClO3S/c1-2-11-5-3-6-12(9-11)18-13-7-4-8-14(10-13)19(15,16)17/h3-10H,2H2,1H3. The summed E-state index contributed by atoms with van der Waals surface area (Å²) in [6, 6.07) is 13.8. The van der Waals surface area contributed by atoms with Crippen LogP contribution in [0.2, 0.25) is 0 Å². The van der Waals surface area contributed by atoms with Gasteiger partial charge in [-0.15, -0.1) is 0 Å². The Bertz CT molecular complexity index is 681. The smallest absolute Gasteiger partial charge is 0.261 e. The van der Waals surface area contributed by atoms with Crippen molar-refractivity contribution >= 4 is 19.7 Å². The summed E-state index contributed by atoms with van der Waals surface area (Å²) < 4.78 is 28.1.